The van der Waals surface area contributed by atoms with Gasteiger partial charge in [0, 0.05) is 24.5 Å². The van der Waals surface area contributed by atoms with Gasteiger partial charge in [0.1, 0.15) is 12.4 Å². The van der Waals surface area contributed by atoms with Crippen LogP contribution in [0.5, 0.6) is 5.75 Å². The van der Waals surface area contributed by atoms with E-state index in [0.29, 0.717) is 32.2 Å². The van der Waals surface area contributed by atoms with Crippen LogP contribution in [-0.4, -0.2) is 59.2 Å². The molecule has 1 aliphatic carbocycles. The number of aliphatic hydroxyl groups is 1. The van der Waals surface area contributed by atoms with Crippen LogP contribution in [0, 0.1) is 19.8 Å². The third kappa shape index (κ3) is 6.05. The van der Waals surface area contributed by atoms with Gasteiger partial charge < -0.3 is 14.7 Å². The second-order valence-corrected chi connectivity index (χ2v) is 10.9. The molecule has 2 atom stereocenters. The number of amides is 1. The Balaban J connectivity index is 1.49. The van der Waals surface area contributed by atoms with Crippen LogP contribution >= 0.6 is 11.3 Å². The fourth-order valence-electron chi connectivity index (χ4n) is 4.65. The third-order valence-electron chi connectivity index (χ3n) is 6.70. The molecule has 33 heavy (non-hydrogen) atoms. The number of carbonyl (C=O) groups excluding carboxylic acids is 1. The highest BCUT2D eigenvalue weighted by molar-refractivity contribution is 7.10. The Kier molecular flexibility index (Phi) is 7.27. The molecule has 1 saturated carbocycles. The lowest BCUT2D eigenvalue weighted by Crippen LogP contribution is -2.49. The summed E-state index contributed by atoms with van der Waals surface area (Å²) in [5.41, 5.74) is 2.51. The van der Waals surface area contributed by atoms with E-state index < -0.39 is 5.60 Å². The Morgan fingerprint density at radius 3 is 2.85 bits per heavy atom. The highest BCUT2D eigenvalue weighted by Crippen LogP contribution is 2.35. The number of benzene rings is 1. The molecular formula is C27H36N2O3S. The topological polar surface area (TPSA) is 53.0 Å². The molecule has 178 valence electrons. The Morgan fingerprint density at radius 1 is 1.36 bits per heavy atom. The first-order valence-electron chi connectivity index (χ1n) is 11.9. The second kappa shape index (κ2) is 10.00. The Morgan fingerprint density at radius 2 is 2.15 bits per heavy atom. The van der Waals surface area contributed by atoms with Gasteiger partial charge in [-0.1, -0.05) is 23.8 Å². The highest BCUT2D eigenvalue weighted by Gasteiger charge is 2.35. The van der Waals surface area contributed by atoms with E-state index in [4.69, 9.17) is 4.74 Å². The summed E-state index contributed by atoms with van der Waals surface area (Å²) < 4.78 is 6.26. The van der Waals surface area contributed by atoms with Crippen LogP contribution in [0.15, 0.2) is 42.3 Å². The summed E-state index contributed by atoms with van der Waals surface area (Å²) in [6.07, 6.45) is 4.85. The van der Waals surface area contributed by atoms with E-state index in [2.05, 4.69) is 48.9 Å². The van der Waals surface area contributed by atoms with Crippen molar-refractivity contribution in [1.82, 2.24) is 9.80 Å². The molecule has 0 bridgehead atoms. The minimum absolute atomic E-state index is 0.0987. The molecule has 2 aliphatic rings. The van der Waals surface area contributed by atoms with Crippen molar-refractivity contribution < 1.29 is 14.6 Å². The fourth-order valence-corrected chi connectivity index (χ4v) is 5.58. The monoisotopic (exact) mass is 468 g/mol. The molecule has 0 saturated heterocycles. The molecular weight excluding hydrogens is 432 g/mol. The molecule has 1 aliphatic heterocycles. The molecule has 1 fully saturated rings. The van der Waals surface area contributed by atoms with Gasteiger partial charge in [-0.3, -0.25) is 9.69 Å². The standard InChI is InChI=1S/C27H36N2O3S/c1-5-27(4,31)18-28(15-21-7-8-21)16-26(30)29-12-10-25-22(11-13-33-25)23(29)17-32-24-9-6-19(2)14-20(24)3/h5-6,9,11,13-14,21,23,31H,1,7-8,10,12,15-18H2,2-4H3/t23-,27+/m0/s1. The maximum Gasteiger partial charge on any atom is 0.237 e. The molecule has 0 unspecified atom stereocenters. The van der Waals surface area contributed by atoms with Gasteiger partial charge in [0.25, 0.3) is 0 Å². The second-order valence-electron chi connectivity index (χ2n) is 9.91. The van der Waals surface area contributed by atoms with Gasteiger partial charge in [-0.25, -0.2) is 0 Å². The molecule has 2 aromatic rings. The van der Waals surface area contributed by atoms with Crippen molar-refractivity contribution >= 4 is 17.2 Å². The molecule has 1 aromatic carbocycles. The Labute approximate surface area is 201 Å². The van der Waals surface area contributed by atoms with Crippen LogP contribution in [0.4, 0.5) is 0 Å². The van der Waals surface area contributed by atoms with E-state index in [1.165, 1.54) is 28.8 Å². The molecule has 1 amide bonds. The number of nitrogens with zero attached hydrogens (tertiary/aromatic N) is 2. The van der Waals surface area contributed by atoms with Gasteiger partial charge in [-0.05, 0) is 74.6 Å². The van der Waals surface area contributed by atoms with Crippen LogP contribution in [0.1, 0.15) is 47.4 Å². The van der Waals surface area contributed by atoms with Crippen molar-refractivity contribution in [2.45, 2.75) is 51.7 Å². The smallest absolute Gasteiger partial charge is 0.237 e. The zero-order chi connectivity index (χ0) is 23.6. The molecule has 4 rings (SSSR count). The summed E-state index contributed by atoms with van der Waals surface area (Å²) in [5.74, 6) is 1.60. The quantitative estimate of drug-likeness (QED) is 0.521. The van der Waals surface area contributed by atoms with Gasteiger partial charge in [0.05, 0.1) is 18.2 Å². The molecule has 0 radical (unpaired) electrons. The van der Waals surface area contributed by atoms with Crippen LogP contribution < -0.4 is 4.74 Å². The summed E-state index contributed by atoms with van der Waals surface area (Å²) in [5, 5.41) is 12.7. The zero-order valence-corrected chi connectivity index (χ0v) is 20.9. The Hall–Kier alpha value is -2.15. The molecule has 2 heterocycles. The average Bonchev–Trinajstić information content (AvgIpc) is 3.44. The van der Waals surface area contributed by atoms with Crippen molar-refractivity contribution in [3.8, 4) is 5.75 Å². The van der Waals surface area contributed by atoms with Crippen molar-refractivity contribution in [2.24, 2.45) is 5.92 Å². The first kappa shape index (κ1) is 24.0. The Bertz CT molecular complexity index is 995. The van der Waals surface area contributed by atoms with Gasteiger partial charge >= 0.3 is 0 Å². The molecule has 1 aromatic heterocycles. The predicted octanol–water partition coefficient (Wildman–Crippen LogP) is 4.52. The van der Waals surface area contributed by atoms with E-state index in [1.54, 1.807) is 24.3 Å². The fraction of sp³-hybridized carbons (Fsp3) is 0.519. The van der Waals surface area contributed by atoms with Crippen LogP contribution in [0.2, 0.25) is 0 Å². The van der Waals surface area contributed by atoms with Crippen molar-refractivity contribution in [2.75, 3.05) is 32.8 Å². The number of thiophene rings is 1. The number of rotatable bonds is 10. The van der Waals surface area contributed by atoms with E-state index in [1.807, 2.05) is 11.0 Å². The van der Waals surface area contributed by atoms with Gasteiger partial charge in [0.15, 0.2) is 0 Å². The van der Waals surface area contributed by atoms with E-state index in [9.17, 15) is 9.90 Å². The first-order valence-corrected chi connectivity index (χ1v) is 12.8. The zero-order valence-electron chi connectivity index (χ0n) is 20.0. The minimum atomic E-state index is -1.01. The van der Waals surface area contributed by atoms with Gasteiger partial charge in [0.2, 0.25) is 5.91 Å². The lowest BCUT2D eigenvalue weighted by molar-refractivity contribution is -0.136. The highest BCUT2D eigenvalue weighted by atomic mass is 32.1. The molecule has 1 N–H and O–H groups in total. The third-order valence-corrected chi connectivity index (χ3v) is 7.69. The van der Waals surface area contributed by atoms with Gasteiger partial charge in [-0.2, -0.15) is 0 Å². The maximum atomic E-state index is 13.6. The lowest BCUT2D eigenvalue weighted by atomic mass is 10.00. The predicted molar refractivity (Wildman–Crippen MR) is 134 cm³/mol. The summed E-state index contributed by atoms with van der Waals surface area (Å²) in [6.45, 7) is 12.3. The number of hydrogen-bond donors (Lipinski definition) is 1. The first-order chi connectivity index (χ1) is 15.8. The van der Waals surface area contributed by atoms with Crippen molar-refractivity contribution in [3.05, 3.63) is 63.9 Å². The number of fused-ring (bicyclic) bond motifs is 1. The maximum absolute atomic E-state index is 13.6. The summed E-state index contributed by atoms with van der Waals surface area (Å²) in [4.78, 5) is 19.0. The largest absolute Gasteiger partial charge is 0.491 e. The molecule has 6 heteroatoms. The van der Waals surface area contributed by atoms with Crippen LogP contribution in [0.25, 0.3) is 0 Å². The average molecular weight is 469 g/mol. The van der Waals surface area contributed by atoms with E-state index in [-0.39, 0.29) is 11.9 Å². The lowest BCUT2D eigenvalue weighted by Gasteiger charge is -2.38. The summed E-state index contributed by atoms with van der Waals surface area (Å²) in [6, 6.07) is 8.23. The SMILES string of the molecule is C=C[C@@](C)(O)CN(CC(=O)N1CCc2sccc2[C@@H]1COc1ccc(C)cc1C)CC1CC1. The molecule has 5 nitrogen and oxygen atoms in total. The summed E-state index contributed by atoms with van der Waals surface area (Å²) in [7, 11) is 0. The number of carbonyl (C=O) groups is 1. The number of hydrogen-bond acceptors (Lipinski definition) is 5. The number of ether oxygens (including phenoxy) is 1. The van der Waals surface area contributed by atoms with Crippen LogP contribution in [-0.2, 0) is 11.2 Å². The normalized spacial score (nSPS) is 19.8. The van der Waals surface area contributed by atoms with Crippen molar-refractivity contribution in [3.63, 3.8) is 0 Å². The number of aryl methyl sites for hydroxylation is 2. The van der Waals surface area contributed by atoms with Crippen LogP contribution in [0.3, 0.4) is 0 Å². The minimum Gasteiger partial charge on any atom is -0.491 e. The van der Waals surface area contributed by atoms with E-state index >= 15 is 0 Å². The van der Waals surface area contributed by atoms with Gasteiger partial charge in [-0.15, -0.1) is 17.9 Å². The van der Waals surface area contributed by atoms with Crippen molar-refractivity contribution in [1.29, 1.82) is 0 Å². The van der Waals surface area contributed by atoms with E-state index in [0.717, 1.165) is 24.3 Å². The molecule has 0 spiro atoms. The summed E-state index contributed by atoms with van der Waals surface area (Å²) >= 11 is 1.76.